The molecule has 0 unspecified atom stereocenters. The van der Waals surface area contributed by atoms with Crippen LogP contribution >= 0.6 is 11.8 Å². The van der Waals surface area contributed by atoms with Crippen LogP contribution in [0.4, 0.5) is 0 Å². The van der Waals surface area contributed by atoms with Crippen molar-refractivity contribution in [1.29, 1.82) is 0 Å². The summed E-state index contributed by atoms with van der Waals surface area (Å²) >= 11 is 1.88. The molecule has 0 aliphatic carbocycles. The van der Waals surface area contributed by atoms with Crippen LogP contribution in [0.1, 0.15) is 0 Å². The highest BCUT2D eigenvalue weighted by atomic mass is 32.2. The van der Waals surface area contributed by atoms with Gasteiger partial charge in [0.1, 0.15) is 0 Å². The first kappa shape index (κ1) is 25.7. The number of hydrogen-bond acceptors (Lipinski definition) is 1. The number of rotatable bonds is 3. The summed E-state index contributed by atoms with van der Waals surface area (Å²) < 4.78 is 2.41. The predicted molar refractivity (Wildman–Crippen MR) is 196 cm³/mol. The molecule has 0 fully saturated rings. The Balaban J connectivity index is 1.20. The van der Waals surface area contributed by atoms with Crippen molar-refractivity contribution < 1.29 is 0 Å². The second-order valence-corrected chi connectivity index (χ2v) is 13.2. The zero-order chi connectivity index (χ0) is 30.2. The molecule has 0 amide bonds. The van der Waals surface area contributed by atoms with Crippen LogP contribution < -0.4 is 0 Å². The first-order valence-electron chi connectivity index (χ1n) is 15.8. The number of fused-ring (bicyclic) bond motifs is 6. The van der Waals surface area contributed by atoms with Crippen molar-refractivity contribution in [3.8, 4) is 39.1 Å². The van der Waals surface area contributed by atoms with Gasteiger partial charge in [0.15, 0.2) is 0 Å². The minimum Gasteiger partial charge on any atom is -0.309 e. The second-order valence-electron chi connectivity index (χ2n) is 12.1. The second kappa shape index (κ2) is 9.97. The molecule has 0 bridgehead atoms. The van der Waals surface area contributed by atoms with E-state index in [1.807, 2.05) is 11.8 Å². The summed E-state index contributed by atoms with van der Waals surface area (Å²) in [5.74, 6) is 0. The molecule has 1 aromatic heterocycles. The quantitative estimate of drug-likeness (QED) is 0.195. The van der Waals surface area contributed by atoms with Crippen molar-refractivity contribution >= 4 is 55.1 Å². The normalized spacial score (nSPS) is 12.3. The van der Waals surface area contributed by atoms with Crippen LogP contribution in [0.5, 0.6) is 0 Å². The largest absolute Gasteiger partial charge is 0.309 e. The Bertz CT molecular complexity index is 2660. The average molecular weight is 602 g/mol. The van der Waals surface area contributed by atoms with Gasteiger partial charge < -0.3 is 4.57 Å². The van der Waals surface area contributed by atoms with E-state index in [4.69, 9.17) is 0 Å². The van der Waals surface area contributed by atoms with Crippen LogP contribution in [-0.4, -0.2) is 4.57 Å². The maximum absolute atomic E-state index is 2.41. The molecule has 1 aliphatic heterocycles. The molecule has 2 heterocycles. The van der Waals surface area contributed by atoms with Gasteiger partial charge in [-0.2, -0.15) is 0 Å². The third kappa shape index (κ3) is 3.77. The third-order valence-corrected chi connectivity index (χ3v) is 10.7. The zero-order valence-electron chi connectivity index (χ0n) is 24.9. The van der Waals surface area contributed by atoms with E-state index < -0.39 is 0 Å². The molecule has 0 atom stereocenters. The van der Waals surface area contributed by atoms with Crippen molar-refractivity contribution in [1.82, 2.24) is 4.57 Å². The Labute approximate surface area is 271 Å². The van der Waals surface area contributed by atoms with Crippen LogP contribution in [-0.2, 0) is 0 Å². The lowest BCUT2D eigenvalue weighted by molar-refractivity contribution is 1.18. The highest BCUT2D eigenvalue weighted by molar-refractivity contribution is 7.99. The summed E-state index contributed by atoms with van der Waals surface area (Å²) in [5.41, 5.74) is 11.2. The molecule has 8 aromatic carbocycles. The topological polar surface area (TPSA) is 4.93 Å². The van der Waals surface area contributed by atoms with E-state index in [-0.39, 0.29) is 0 Å². The Morgan fingerprint density at radius 2 is 1.09 bits per heavy atom. The number of aromatic nitrogens is 1. The number of benzene rings is 8. The lowest BCUT2D eigenvalue weighted by atomic mass is 9.89. The van der Waals surface area contributed by atoms with E-state index in [2.05, 4.69) is 168 Å². The first-order chi connectivity index (χ1) is 22.8. The van der Waals surface area contributed by atoms with Gasteiger partial charge in [-0.1, -0.05) is 127 Å². The van der Waals surface area contributed by atoms with E-state index in [1.165, 1.54) is 92.2 Å². The van der Waals surface area contributed by atoms with E-state index >= 15 is 0 Å². The molecule has 1 nitrogen and oxygen atoms in total. The lowest BCUT2D eigenvalue weighted by Crippen LogP contribution is -1.94. The molecule has 0 spiro atoms. The highest BCUT2D eigenvalue weighted by Crippen LogP contribution is 2.49. The lowest BCUT2D eigenvalue weighted by Gasteiger charge is -2.21. The van der Waals surface area contributed by atoms with Crippen molar-refractivity contribution in [3.05, 3.63) is 164 Å². The van der Waals surface area contributed by atoms with Crippen molar-refractivity contribution in [3.63, 3.8) is 0 Å². The van der Waals surface area contributed by atoms with Crippen molar-refractivity contribution in [2.45, 2.75) is 9.79 Å². The predicted octanol–water partition coefficient (Wildman–Crippen LogP) is 12.6. The monoisotopic (exact) mass is 601 g/mol. The van der Waals surface area contributed by atoms with E-state index in [1.54, 1.807) is 0 Å². The molecule has 1 aliphatic rings. The van der Waals surface area contributed by atoms with Gasteiger partial charge in [-0.25, -0.2) is 0 Å². The Kier molecular flexibility index (Phi) is 5.58. The Morgan fingerprint density at radius 1 is 0.370 bits per heavy atom. The third-order valence-electron chi connectivity index (χ3n) is 9.57. The number of hydrogen-bond donors (Lipinski definition) is 0. The van der Waals surface area contributed by atoms with E-state index in [0.29, 0.717) is 0 Å². The van der Waals surface area contributed by atoms with Gasteiger partial charge in [-0.3, -0.25) is 0 Å². The van der Waals surface area contributed by atoms with Crippen molar-refractivity contribution in [2.75, 3.05) is 0 Å². The fourth-order valence-corrected chi connectivity index (χ4v) is 8.66. The van der Waals surface area contributed by atoms with Gasteiger partial charge >= 0.3 is 0 Å². The van der Waals surface area contributed by atoms with Crippen LogP contribution in [0.3, 0.4) is 0 Å². The molecule has 46 heavy (non-hydrogen) atoms. The SMILES string of the molecule is c1ccc(-n2c3ccccc3c3cc4cccc(-c5ccccc5-c5ccc6c(c5)-c5cccc7cccc(c57)S6)c4cc32)cc1. The zero-order valence-corrected chi connectivity index (χ0v) is 25.8. The fraction of sp³-hybridized carbons (Fsp3) is 0. The molecule has 10 rings (SSSR count). The maximum Gasteiger partial charge on any atom is 0.0547 e. The molecule has 214 valence electrons. The standard InChI is InChI=1S/C44H27NS/c1-2-14-31(15-3-1)45-40-21-7-6-18-35(40)38-25-29-13-9-19-34(37(29)27-41(38)45)33-17-5-4-16-32(33)30-23-24-42-39(26-30)36-20-8-11-28-12-10-22-43(46-42)44(28)36/h1-27H. The summed E-state index contributed by atoms with van der Waals surface area (Å²) in [6.07, 6.45) is 0. The van der Waals surface area contributed by atoms with Gasteiger partial charge in [-0.05, 0) is 98.1 Å². The minimum absolute atomic E-state index is 1.18. The molecule has 2 heteroatoms. The first-order valence-corrected chi connectivity index (χ1v) is 16.6. The minimum atomic E-state index is 1.18. The average Bonchev–Trinajstić information content (AvgIpc) is 3.44. The van der Waals surface area contributed by atoms with Crippen LogP contribution in [0.2, 0.25) is 0 Å². The fourth-order valence-electron chi connectivity index (χ4n) is 7.53. The molecule has 0 N–H and O–H groups in total. The summed E-state index contributed by atoms with van der Waals surface area (Å²) in [7, 11) is 0. The molecule has 0 saturated heterocycles. The van der Waals surface area contributed by atoms with Crippen LogP contribution in [0.25, 0.3) is 82.4 Å². The van der Waals surface area contributed by atoms with Crippen LogP contribution in [0.15, 0.2) is 174 Å². The highest BCUT2D eigenvalue weighted by Gasteiger charge is 2.21. The number of nitrogens with zero attached hydrogens (tertiary/aromatic N) is 1. The molecular weight excluding hydrogens is 575 g/mol. The van der Waals surface area contributed by atoms with Crippen molar-refractivity contribution in [2.24, 2.45) is 0 Å². The van der Waals surface area contributed by atoms with Gasteiger partial charge in [0.25, 0.3) is 0 Å². The number of para-hydroxylation sites is 2. The summed E-state index contributed by atoms with van der Waals surface area (Å²) in [6.45, 7) is 0. The van der Waals surface area contributed by atoms with Gasteiger partial charge in [0.2, 0.25) is 0 Å². The molecule has 0 radical (unpaired) electrons. The maximum atomic E-state index is 2.41. The molecule has 0 saturated carbocycles. The summed E-state index contributed by atoms with van der Waals surface area (Å²) in [5, 5.41) is 7.72. The van der Waals surface area contributed by atoms with Gasteiger partial charge in [0, 0.05) is 31.6 Å². The Hall–Kier alpha value is -5.57. The molecule has 9 aromatic rings. The van der Waals surface area contributed by atoms with Gasteiger partial charge in [-0.15, -0.1) is 0 Å². The van der Waals surface area contributed by atoms with Gasteiger partial charge in [0.05, 0.1) is 11.0 Å². The molecular formula is C44H27NS. The summed E-state index contributed by atoms with van der Waals surface area (Å²) in [6, 6.07) is 60.3. The smallest absolute Gasteiger partial charge is 0.0547 e. The summed E-state index contributed by atoms with van der Waals surface area (Å²) in [4.78, 5) is 2.65. The van der Waals surface area contributed by atoms with E-state index in [0.717, 1.165) is 0 Å². The van der Waals surface area contributed by atoms with Crippen LogP contribution in [0, 0.1) is 0 Å². The Morgan fingerprint density at radius 3 is 1.98 bits per heavy atom. The van der Waals surface area contributed by atoms with E-state index in [9.17, 15) is 0 Å².